The van der Waals surface area contributed by atoms with Gasteiger partial charge in [-0.2, -0.15) is 0 Å². The second-order valence-corrected chi connectivity index (χ2v) is 18.8. The molecule has 0 aliphatic heterocycles. The summed E-state index contributed by atoms with van der Waals surface area (Å²) in [6.45, 7) is 0. The number of benzene rings is 2. The van der Waals surface area contributed by atoms with E-state index in [1.54, 1.807) is 0 Å². The van der Waals surface area contributed by atoms with E-state index in [-0.39, 0.29) is 0 Å². The first kappa shape index (κ1) is 36.9. The highest BCUT2D eigenvalue weighted by molar-refractivity contribution is 5.99. The van der Waals surface area contributed by atoms with Crippen molar-refractivity contribution in [3.8, 4) is 0 Å². The number of carbonyl (C=O) groups excluding carboxylic acids is 2. The van der Waals surface area contributed by atoms with Crippen molar-refractivity contribution in [2.45, 2.75) is 229 Å². The summed E-state index contributed by atoms with van der Waals surface area (Å²) in [6, 6.07) is 16.2. The van der Waals surface area contributed by atoms with Crippen LogP contribution in [-0.2, 0) is 0 Å². The highest BCUT2D eigenvalue weighted by Gasteiger charge is 2.57. The maximum atomic E-state index is 15.6. The number of carbonyl (C=O) groups is 2. The molecule has 0 aromatic heterocycles. The van der Waals surface area contributed by atoms with Crippen LogP contribution in [0.1, 0.15) is 213 Å². The van der Waals surface area contributed by atoms with Gasteiger partial charge < -0.3 is 0 Å². The molecule has 0 saturated heterocycles. The first-order chi connectivity index (χ1) is 25.6. The third-order valence-electron chi connectivity index (χ3n) is 16.1. The van der Waals surface area contributed by atoms with Gasteiger partial charge in [0, 0.05) is 0 Å². The maximum absolute atomic E-state index is 15.6. The molecule has 2 aromatic rings. The van der Waals surface area contributed by atoms with Gasteiger partial charge in [-0.25, -0.2) is 18.6 Å². The molecule has 284 valence electrons. The van der Waals surface area contributed by atoms with Crippen LogP contribution in [0.2, 0.25) is 0 Å². The molecule has 52 heavy (non-hydrogen) atoms. The molecule has 4 heteroatoms. The minimum Gasteiger partial charge on any atom is -0.249 e. The topological polar surface area (TPSA) is 34.1 Å². The smallest absolute Gasteiger partial charge is 0.249 e. The largest absolute Gasteiger partial charge is 0.346 e. The van der Waals surface area contributed by atoms with E-state index < -0.39 is 0 Å². The van der Waals surface area contributed by atoms with Gasteiger partial charge in [0.2, 0.25) is 0 Å². The lowest BCUT2D eigenvalue weighted by atomic mass is 9.79. The standard InChI is InChI=1S/C48H72N2O2/c51-47(49(41-19-7-1-8-20-41,42-21-9-2-10-22-42)43-23-11-3-12-24-43)39-33-31-38-36-40(34-32-37(38)35-39)48(52)50(44-25-13-4-14-26-44,45-27-15-5-16-28-45)46-29-17-6-18-30-46/h31-36,41-46H,1-30H2/q+2. The third-order valence-corrected chi connectivity index (χ3v) is 16.1. The molecule has 0 spiro atoms. The number of rotatable bonds is 8. The molecule has 6 saturated carbocycles. The number of nitrogens with zero attached hydrogens (tertiary/aromatic N) is 2. The molecular weight excluding hydrogens is 637 g/mol. The highest BCUT2D eigenvalue weighted by atomic mass is 16.2. The fourth-order valence-electron chi connectivity index (χ4n) is 13.8. The van der Waals surface area contributed by atoms with Crippen LogP contribution in [-0.4, -0.2) is 57.0 Å². The van der Waals surface area contributed by atoms with Gasteiger partial charge in [0.25, 0.3) is 0 Å². The molecule has 4 nitrogen and oxygen atoms in total. The van der Waals surface area contributed by atoms with Gasteiger partial charge in [-0.3, -0.25) is 0 Å². The van der Waals surface area contributed by atoms with Gasteiger partial charge in [0.1, 0.15) is 0 Å². The van der Waals surface area contributed by atoms with E-state index in [0.717, 1.165) is 30.9 Å². The fourth-order valence-corrected chi connectivity index (χ4v) is 13.8. The molecule has 2 aromatic carbocycles. The SMILES string of the molecule is O=C(c1ccc2cc(C(=O)[N+](C3CCCCC3)(C3CCCCC3)C3CCCCC3)ccc2c1)[N+](C1CCCCC1)(C1CCCCC1)C1CCCCC1. The first-order valence-corrected chi connectivity index (χ1v) is 23.0. The normalized spacial score (nSPS) is 25.0. The highest BCUT2D eigenvalue weighted by Crippen LogP contribution is 2.47. The van der Waals surface area contributed by atoms with Crippen LogP contribution in [0, 0.1) is 0 Å². The van der Waals surface area contributed by atoms with Crippen molar-refractivity contribution in [1.82, 2.24) is 0 Å². The number of quaternary nitrogens is 2. The van der Waals surface area contributed by atoms with Crippen molar-refractivity contribution in [2.24, 2.45) is 0 Å². The van der Waals surface area contributed by atoms with Crippen LogP contribution in [0.4, 0.5) is 0 Å². The third kappa shape index (κ3) is 6.88. The van der Waals surface area contributed by atoms with Gasteiger partial charge in [-0.15, -0.1) is 0 Å². The van der Waals surface area contributed by atoms with E-state index in [1.807, 2.05) is 0 Å². The average molecular weight is 709 g/mol. The van der Waals surface area contributed by atoms with E-state index in [0.29, 0.717) is 48.1 Å². The second kappa shape index (κ2) is 16.8. The summed E-state index contributed by atoms with van der Waals surface area (Å²) in [5, 5.41) is 2.28. The predicted molar refractivity (Wildman–Crippen MR) is 214 cm³/mol. The zero-order valence-corrected chi connectivity index (χ0v) is 32.9. The predicted octanol–water partition coefficient (Wildman–Crippen LogP) is 12.7. The monoisotopic (exact) mass is 709 g/mol. The summed E-state index contributed by atoms with van der Waals surface area (Å²) < 4.78 is 1.54. The molecule has 6 fully saturated rings. The van der Waals surface area contributed by atoms with Crippen molar-refractivity contribution in [3.63, 3.8) is 0 Å². The van der Waals surface area contributed by atoms with E-state index in [2.05, 4.69) is 36.4 Å². The van der Waals surface area contributed by atoms with Crippen LogP contribution in [0.5, 0.6) is 0 Å². The van der Waals surface area contributed by atoms with Crippen molar-refractivity contribution in [1.29, 1.82) is 0 Å². The lowest BCUT2D eigenvalue weighted by Crippen LogP contribution is -2.70. The molecule has 0 heterocycles. The quantitative estimate of drug-likeness (QED) is 0.256. The molecule has 0 bridgehead atoms. The molecule has 0 unspecified atom stereocenters. The first-order valence-electron chi connectivity index (χ1n) is 23.0. The van der Waals surface area contributed by atoms with Crippen LogP contribution in [0.25, 0.3) is 10.8 Å². The molecule has 6 aliphatic carbocycles. The Bertz CT molecular complexity index is 1290. The number of hydrogen-bond acceptors (Lipinski definition) is 2. The van der Waals surface area contributed by atoms with Crippen molar-refractivity contribution in [3.05, 3.63) is 47.5 Å². The molecule has 6 aliphatic rings. The summed E-state index contributed by atoms with van der Waals surface area (Å²) in [5.41, 5.74) is 1.87. The zero-order chi connectivity index (χ0) is 35.4. The summed E-state index contributed by atoms with van der Waals surface area (Å²) in [6.07, 6.45) is 38.1. The molecule has 0 radical (unpaired) electrons. The summed E-state index contributed by atoms with van der Waals surface area (Å²) in [4.78, 5) is 31.1. The Labute approximate surface area is 316 Å². The summed E-state index contributed by atoms with van der Waals surface area (Å²) in [5.74, 6) is 0.880. The van der Waals surface area contributed by atoms with Gasteiger partial charge in [0.05, 0.1) is 47.4 Å². The van der Waals surface area contributed by atoms with Crippen LogP contribution < -0.4 is 0 Å². The van der Waals surface area contributed by atoms with Gasteiger partial charge in [0.15, 0.2) is 0 Å². The minimum absolute atomic E-state index is 0.440. The van der Waals surface area contributed by atoms with E-state index in [1.165, 1.54) is 193 Å². The summed E-state index contributed by atoms with van der Waals surface area (Å²) >= 11 is 0. The minimum atomic E-state index is 0.440. The van der Waals surface area contributed by atoms with E-state index >= 15 is 9.59 Å². The lowest BCUT2D eigenvalue weighted by molar-refractivity contribution is -0.926. The zero-order valence-electron chi connectivity index (χ0n) is 32.9. The molecule has 2 amide bonds. The van der Waals surface area contributed by atoms with Crippen LogP contribution in [0.15, 0.2) is 36.4 Å². The van der Waals surface area contributed by atoms with E-state index in [4.69, 9.17) is 0 Å². The summed E-state index contributed by atoms with van der Waals surface area (Å²) in [7, 11) is 0. The number of hydrogen-bond donors (Lipinski definition) is 0. The Kier molecular flexibility index (Phi) is 11.9. The number of amides is 2. The Morgan fingerprint density at radius 3 is 0.750 bits per heavy atom. The molecule has 8 rings (SSSR count). The van der Waals surface area contributed by atoms with Gasteiger partial charge in [-0.1, -0.05) is 50.7 Å². The Morgan fingerprint density at radius 2 is 0.538 bits per heavy atom. The van der Waals surface area contributed by atoms with Crippen LogP contribution >= 0.6 is 0 Å². The molecule has 0 atom stereocenters. The van der Waals surface area contributed by atoms with Crippen molar-refractivity contribution in [2.75, 3.05) is 0 Å². The average Bonchev–Trinajstić information content (AvgIpc) is 3.23. The second-order valence-electron chi connectivity index (χ2n) is 18.8. The lowest BCUT2D eigenvalue weighted by Gasteiger charge is -2.55. The fraction of sp³-hybridized carbons (Fsp3) is 0.750. The Hall–Kier alpha value is -2.04. The van der Waals surface area contributed by atoms with Crippen molar-refractivity contribution < 1.29 is 18.6 Å². The van der Waals surface area contributed by atoms with E-state index in [9.17, 15) is 0 Å². The maximum Gasteiger partial charge on any atom is 0.346 e. The van der Waals surface area contributed by atoms with Crippen LogP contribution in [0.3, 0.4) is 0 Å². The van der Waals surface area contributed by atoms with Gasteiger partial charge >= 0.3 is 11.8 Å². The van der Waals surface area contributed by atoms with Gasteiger partial charge in [-0.05, 0) is 189 Å². The molecule has 0 N–H and O–H groups in total. The van der Waals surface area contributed by atoms with Crippen molar-refractivity contribution >= 4 is 22.6 Å². The molecular formula is C48H72N2O2+2. The Balaban J connectivity index is 1.17. The number of fused-ring (bicyclic) bond motifs is 1. The Morgan fingerprint density at radius 1 is 0.327 bits per heavy atom.